The average molecular weight is 543 g/mol. The number of amides is 1. The van der Waals surface area contributed by atoms with Crippen LogP contribution in [0.25, 0.3) is 10.8 Å². The highest BCUT2D eigenvalue weighted by atomic mass is 32.2. The van der Waals surface area contributed by atoms with Crippen molar-refractivity contribution in [2.24, 2.45) is 0 Å². The summed E-state index contributed by atoms with van der Waals surface area (Å²) < 4.78 is 100.0. The van der Waals surface area contributed by atoms with E-state index in [1.54, 1.807) is 25.7 Å². The molecule has 1 unspecified atom stereocenters. The number of carbonyl (C=O) groups excluding carboxylic acids is 1. The summed E-state index contributed by atoms with van der Waals surface area (Å²) in [7, 11) is -4.51. The number of hydrogen-bond acceptors (Lipinski definition) is 5. The van der Waals surface area contributed by atoms with Gasteiger partial charge in [0, 0.05) is 23.7 Å². The first kappa shape index (κ1) is 26.8. The second kappa shape index (κ2) is 9.55. The third-order valence-corrected chi connectivity index (χ3v) is 7.60. The molecular formula is C25H23F5N2O4S. The first-order valence-corrected chi connectivity index (χ1v) is 13.0. The molecule has 1 aromatic heterocycles. The Bertz CT molecular complexity index is 1480. The van der Waals surface area contributed by atoms with Crippen LogP contribution in [0.1, 0.15) is 50.9 Å². The highest BCUT2D eigenvalue weighted by Crippen LogP contribution is 2.36. The number of halogens is 5. The molecule has 4 rings (SSSR count). The lowest BCUT2D eigenvalue weighted by atomic mass is 10.0. The molecule has 1 saturated heterocycles. The lowest BCUT2D eigenvalue weighted by molar-refractivity contribution is 0.0222. The van der Waals surface area contributed by atoms with Crippen LogP contribution < -0.4 is 0 Å². The van der Waals surface area contributed by atoms with Gasteiger partial charge in [0.1, 0.15) is 5.60 Å². The zero-order valence-corrected chi connectivity index (χ0v) is 20.9. The van der Waals surface area contributed by atoms with Crippen LogP contribution in [0, 0.1) is 29.1 Å². The largest absolute Gasteiger partial charge is 0.444 e. The van der Waals surface area contributed by atoms with Gasteiger partial charge in [0.05, 0.1) is 22.4 Å². The van der Waals surface area contributed by atoms with Crippen molar-refractivity contribution in [2.75, 3.05) is 6.54 Å². The molecule has 12 heteroatoms. The van der Waals surface area contributed by atoms with Crippen LogP contribution in [-0.2, 0) is 20.3 Å². The molecule has 3 aromatic rings. The fourth-order valence-electron chi connectivity index (χ4n) is 4.28. The maximum absolute atomic E-state index is 14.1. The molecule has 1 fully saturated rings. The van der Waals surface area contributed by atoms with Crippen molar-refractivity contribution in [3.8, 4) is 0 Å². The molecule has 0 spiro atoms. The highest BCUT2D eigenvalue weighted by Gasteiger charge is 2.35. The number of likely N-dealkylation sites (tertiary alicyclic amines) is 1. The number of pyridine rings is 1. The summed E-state index contributed by atoms with van der Waals surface area (Å²) in [5.74, 6) is -12.6. The molecule has 1 amide bonds. The fraction of sp³-hybridized carbons (Fsp3) is 0.360. The predicted molar refractivity (Wildman–Crippen MR) is 124 cm³/mol. The summed E-state index contributed by atoms with van der Waals surface area (Å²) in [6.45, 7) is 5.70. The van der Waals surface area contributed by atoms with Crippen molar-refractivity contribution in [3.05, 3.63) is 70.8 Å². The van der Waals surface area contributed by atoms with E-state index in [0.717, 1.165) is 0 Å². The van der Waals surface area contributed by atoms with E-state index in [-0.39, 0.29) is 4.90 Å². The second-order valence-electron chi connectivity index (χ2n) is 9.72. The fourth-order valence-corrected chi connectivity index (χ4v) is 5.66. The highest BCUT2D eigenvalue weighted by molar-refractivity contribution is 7.90. The van der Waals surface area contributed by atoms with Crippen LogP contribution >= 0.6 is 0 Å². The number of aromatic nitrogens is 1. The Morgan fingerprint density at radius 1 is 1.03 bits per heavy atom. The Balaban J connectivity index is 1.70. The van der Waals surface area contributed by atoms with Gasteiger partial charge in [0.2, 0.25) is 5.82 Å². The third kappa shape index (κ3) is 5.11. The summed E-state index contributed by atoms with van der Waals surface area (Å²) in [6.07, 6.45) is 2.24. The van der Waals surface area contributed by atoms with E-state index in [1.807, 2.05) is 0 Å². The number of rotatable bonds is 4. The Labute approximate surface area is 210 Å². The van der Waals surface area contributed by atoms with Crippen LogP contribution in [0.4, 0.5) is 26.7 Å². The van der Waals surface area contributed by atoms with Crippen molar-refractivity contribution in [1.29, 1.82) is 0 Å². The van der Waals surface area contributed by atoms with E-state index >= 15 is 0 Å². The van der Waals surface area contributed by atoms with Gasteiger partial charge in [-0.1, -0.05) is 6.07 Å². The first-order valence-electron chi connectivity index (χ1n) is 11.3. The molecule has 0 N–H and O–H groups in total. The van der Waals surface area contributed by atoms with Crippen LogP contribution in [0.5, 0.6) is 0 Å². The number of carbonyl (C=O) groups is 1. The molecular weight excluding hydrogens is 519 g/mol. The molecule has 0 aliphatic carbocycles. The third-order valence-electron chi connectivity index (χ3n) is 5.96. The second-order valence-corrected chi connectivity index (χ2v) is 11.7. The van der Waals surface area contributed by atoms with Gasteiger partial charge in [-0.15, -0.1) is 0 Å². The number of fused-ring (bicyclic) bond motifs is 1. The minimum Gasteiger partial charge on any atom is -0.444 e. The van der Waals surface area contributed by atoms with Gasteiger partial charge >= 0.3 is 6.09 Å². The van der Waals surface area contributed by atoms with Crippen LogP contribution in [0.3, 0.4) is 0 Å². The average Bonchev–Trinajstić information content (AvgIpc) is 3.32. The lowest BCUT2D eigenvalue weighted by Crippen LogP contribution is -2.36. The smallest absolute Gasteiger partial charge is 0.410 e. The van der Waals surface area contributed by atoms with Crippen LogP contribution in [0.15, 0.2) is 35.4 Å². The molecule has 2 aromatic carbocycles. The SMILES string of the molecule is CC(C)(C)OC(=O)N1CCCC1c1nccc2cc(S(=O)(=O)Cc3c(F)c(F)c(F)c(F)c3F)ccc12. The van der Waals surface area contributed by atoms with Crippen molar-refractivity contribution in [1.82, 2.24) is 9.88 Å². The zero-order valence-electron chi connectivity index (χ0n) is 20.1. The molecule has 37 heavy (non-hydrogen) atoms. The minimum absolute atomic E-state index is 0.378. The summed E-state index contributed by atoms with van der Waals surface area (Å²) in [5.41, 5.74) is -1.62. The topological polar surface area (TPSA) is 76.6 Å². The maximum atomic E-state index is 14.1. The molecule has 0 radical (unpaired) electrons. The Morgan fingerprint density at radius 2 is 1.65 bits per heavy atom. The van der Waals surface area contributed by atoms with E-state index in [2.05, 4.69) is 4.98 Å². The van der Waals surface area contributed by atoms with E-state index < -0.39 is 68.0 Å². The maximum Gasteiger partial charge on any atom is 0.410 e. The minimum atomic E-state index is -4.51. The Morgan fingerprint density at radius 3 is 2.27 bits per heavy atom. The van der Waals surface area contributed by atoms with Crippen molar-refractivity contribution < 1.29 is 39.9 Å². The monoisotopic (exact) mass is 542 g/mol. The zero-order chi connectivity index (χ0) is 27.3. The molecule has 1 aliphatic rings. The Kier molecular flexibility index (Phi) is 6.91. The standard InChI is InChI=1S/C25H23F5N2O4S/c1-25(2,3)36-24(33)32-10-4-5-17(32)23-15-7-6-14(11-13(15)8-9-31-23)37(34,35)12-16-18(26)20(28)22(30)21(29)19(16)27/h6-9,11,17H,4-5,10,12H2,1-3H3. The van der Waals surface area contributed by atoms with Crippen molar-refractivity contribution in [2.45, 2.75) is 55.9 Å². The van der Waals surface area contributed by atoms with Crippen molar-refractivity contribution >= 4 is 26.7 Å². The lowest BCUT2D eigenvalue weighted by Gasteiger charge is -2.28. The molecule has 1 atom stereocenters. The number of hydrogen-bond donors (Lipinski definition) is 0. The van der Waals surface area contributed by atoms with Gasteiger partial charge in [-0.2, -0.15) is 0 Å². The van der Waals surface area contributed by atoms with Gasteiger partial charge < -0.3 is 4.74 Å². The quantitative estimate of drug-likeness (QED) is 0.231. The number of ether oxygens (including phenoxy) is 1. The summed E-state index contributed by atoms with van der Waals surface area (Å²) in [5, 5.41) is 0.942. The predicted octanol–water partition coefficient (Wildman–Crippen LogP) is 5.98. The molecule has 2 heterocycles. The molecule has 198 valence electrons. The normalized spacial score (nSPS) is 16.4. The summed E-state index contributed by atoms with van der Waals surface area (Å²) >= 11 is 0. The van der Waals surface area contributed by atoms with Crippen LogP contribution in [-0.4, -0.2) is 36.5 Å². The van der Waals surface area contributed by atoms with Crippen molar-refractivity contribution in [3.63, 3.8) is 0 Å². The van der Waals surface area contributed by atoms with E-state index in [9.17, 15) is 35.2 Å². The number of sulfone groups is 1. The Hall–Kier alpha value is -3.28. The van der Waals surface area contributed by atoms with Gasteiger partial charge in [-0.25, -0.2) is 35.2 Å². The first-order chi connectivity index (χ1) is 17.2. The van der Waals surface area contributed by atoms with E-state index in [4.69, 9.17) is 4.74 Å². The number of benzene rings is 2. The van der Waals surface area contributed by atoms with E-state index in [1.165, 1.54) is 30.5 Å². The number of nitrogens with zero attached hydrogens (tertiary/aromatic N) is 2. The van der Waals surface area contributed by atoms with Crippen LogP contribution in [0.2, 0.25) is 0 Å². The van der Waals surface area contributed by atoms with E-state index in [0.29, 0.717) is 35.9 Å². The molecule has 1 aliphatic heterocycles. The summed E-state index contributed by atoms with van der Waals surface area (Å²) in [6, 6.07) is 4.93. The summed E-state index contributed by atoms with van der Waals surface area (Å²) in [4.78, 5) is 18.3. The van der Waals surface area contributed by atoms with Gasteiger partial charge in [-0.05, 0) is 57.2 Å². The molecule has 6 nitrogen and oxygen atoms in total. The van der Waals surface area contributed by atoms with Gasteiger partial charge in [0.25, 0.3) is 0 Å². The molecule has 0 saturated carbocycles. The molecule has 0 bridgehead atoms. The van der Waals surface area contributed by atoms with Gasteiger partial charge in [0.15, 0.2) is 33.1 Å². The van der Waals surface area contributed by atoms with Gasteiger partial charge in [-0.3, -0.25) is 9.88 Å².